The Balaban J connectivity index is 1.73. The number of carbonyl (C=O) groups is 2. The normalized spacial score (nSPS) is 10.7. The van der Waals surface area contributed by atoms with E-state index in [0.717, 1.165) is 0 Å². The number of amides is 2. The van der Waals surface area contributed by atoms with Gasteiger partial charge in [0.2, 0.25) is 0 Å². The van der Waals surface area contributed by atoms with Gasteiger partial charge in [-0.05, 0) is 76.1 Å². The number of benzene rings is 3. The van der Waals surface area contributed by atoms with Crippen molar-refractivity contribution in [2.75, 3.05) is 24.4 Å². The van der Waals surface area contributed by atoms with Crippen LogP contribution in [0.5, 0.6) is 11.5 Å². The number of nitrogens with one attached hydrogen (secondary N) is 2. The van der Waals surface area contributed by atoms with Gasteiger partial charge >= 0.3 is 0 Å². The van der Waals surface area contributed by atoms with Crippen LogP contribution < -0.4 is 20.1 Å². The van der Waals surface area contributed by atoms with E-state index in [1.54, 1.807) is 48.5 Å². The molecule has 2 N–H and O–H groups in total. The molecule has 3 rings (SSSR count). The number of anilines is 2. The zero-order valence-corrected chi connectivity index (χ0v) is 20.3. The summed E-state index contributed by atoms with van der Waals surface area (Å²) in [5, 5.41) is 15.4. The first-order valence-electron chi connectivity index (χ1n) is 9.93. The molecule has 0 atom stereocenters. The lowest BCUT2D eigenvalue weighted by Crippen LogP contribution is -2.20. The molecule has 9 heteroatoms. The fourth-order valence-electron chi connectivity index (χ4n) is 2.87. The first-order chi connectivity index (χ1) is 16.4. The summed E-state index contributed by atoms with van der Waals surface area (Å²) in [4.78, 5) is 24.7. The summed E-state index contributed by atoms with van der Waals surface area (Å²) >= 11 is 9.26. The monoisotopic (exact) mass is 539 g/mol. The molecule has 0 radical (unpaired) electrons. The number of nitrogens with zero attached hydrogens (tertiary/aromatic N) is 1. The highest BCUT2D eigenvalue weighted by molar-refractivity contribution is 9.10. The van der Waals surface area contributed by atoms with Crippen LogP contribution in [0, 0.1) is 11.3 Å². The van der Waals surface area contributed by atoms with Gasteiger partial charge in [-0.3, -0.25) is 9.59 Å². The number of para-hydroxylation sites is 1. The van der Waals surface area contributed by atoms with Gasteiger partial charge in [-0.25, -0.2) is 0 Å². The maximum absolute atomic E-state index is 12.5. The van der Waals surface area contributed by atoms with Crippen LogP contribution in [0.1, 0.15) is 5.56 Å². The molecule has 7 nitrogen and oxygen atoms in total. The van der Waals surface area contributed by atoms with E-state index in [1.807, 2.05) is 24.3 Å². The van der Waals surface area contributed by atoms with E-state index < -0.39 is 5.91 Å². The Morgan fingerprint density at radius 2 is 1.74 bits per heavy atom. The van der Waals surface area contributed by atoms with Gasteiger partial charge in [-0.15, -0.1) is 0 Å². The zero-order chi connectivity index (χ0) is 24.5. The minimum absolute atomic E-state index is 0.111. The van der Waals surface area contributed by atoms with Crippen molar-refractivity contribution in [2.45, 2.75) is 0 Å². The molecule has 0 bridgehead atoms. The number of nitriles is 1. The van der Waals surface area contributed by atoms with Gasteiger partial charge in [-0.2, -0.15) is 5.26 Å². The van der Waals surface area contributed by atoms with E-state index in [-0.39, 0.29) is 18.1 Å². The minimum atomic E-state index is -0.571. The van der Waals surface area contributed by atoms with Crippen LogP contribution in [0.4, 0.5) is 11.4 Å². The second-order valence-electron chi connectivity index (χ2n) is 6.87. The summed E-state index contributed by atoms with van der Waals surface area (Å²) in [7, 11) is 1.45. The molecule has 3 aromatic rings. The third kappa shape index (κ3) is 6.85. The Morgan fingerprint density at radius 1 is 1.06 bits per heavy atom. The average Bonchev–Trinajstić information content (AvgIpc) is 2.83. The lowest BCUT2D eigenvalue weighted by atomic mass is 10.1. The highest BCUT2D eigenvalue weighted by Crippen LogP contribution is 2.37. The van der Waals surface area contributed by atoms with Crippen molar-refractivity contribution in [3.8, 4) is 17.6 Å². The van der Waals surface area contributed by atoms with Gasteiger partial charge in [0.25, 0.3) is 11.8 Å². The van der Waals surface area contributed by atoms with E-state index in [1.165, 1.54) is 13.2 Å². The third-order valence-electron chi connectivity index (χ3n) is 4.44. The summed E-state index contributed by atoms with van der Waals surface area (Å²) in [5.41, 5.74) is 1.57. The molecular formula is C25H19BrClN3O4. The number of hydrogen-bond acceptors (Lipinski definition) is 5. The molecule has 2 amide bonds. The predicted molar refractivity (Wildman–Crippen MR) is 135 cm³/mol. The number of carbonyl (C=O) groups excluding carboxylic acids is 2. The number of hydrogen-bond donors (Lipinski definition) is 2. The van der Waals surface area contributed by atoms with E-state index in [0.29, 0.717) is 37.9 Å². The molecule has 0 aliphatic heterocycles. The van der Waals surface area contributed by atoms with Crippen molar-refractivity contribution >= 4 is 56.8 Å². The SMILES string of the molecule is COc1cc(/C=C(\C#N)C(=O)Nc2ccc(Cl)cc2)cc(Br)c1OCC(=O)Nc1ccccc1. The highest BCUT2D eigenvalue weighted by atomic mass is 79.9. The second kappa shape index (κ2) is 11.9. The molecule has 0 saturated heterocycles. The molecule has 0 spiro atoms. The van der Waals surface area contributed by atoms with Gasteiger partial charge in [0.1, 0.15) is 11.6 Å². The smallest absolute Gasteiger partial charge is 0.266 e. The molecular weight excluding hydrogens is 522 g/mol. The van der Waals surface area contributed by atoms with E-state index in [4.69, 9.17) is 21.1 Å². The summed E-state index contributed by atoms with van der Waals surface area (Å²) in [6.07, 6.45) is 1.42. The van der Waals surface area contributed by atoms with Crippen molar-refractivity contribution in [1.29, 1.82) is 5.26 Å². The number of methoxy groups -OCH3 is 1. The number of halogens is 2. The van der Waals surface area contributed by atoms with Gasteiger partial charge in [0.15, 0.2) is 18.1 Å². The topological polar surface area (TPSA) is 100 Å². The van der Waals surface area contributed by atoms with Crippen molar-refractivity contribution in [3.05, 3.63) is 87.4 Å². The van der Waals surface area contributed by atoms with E-state index in [2.05, 4.69) is 26.6 Å². The maximum atomic E-state index is 12.5. The Morgan fingerprint density at radius 3 is 2.38 bits per heavy atom. The Labute approximate surface area is 210 Å². The maximum Gasteiger partial charge on any atom is 0.266 e. The molecule has 0 heterocycles. The van der Waals surface area contributed by atoms with Crippen LogP contribution in [0.3, 0.4) is 0 Å². The number of ether oxygens (including phenoxy) is 2. The van der Waals surface area contributed by atoms with Crippen LogP contribution >= 0.6 is 27.5 Å². The first kappa shape index (κ1) is 24.8. The Hall–Kier alpha value is -3.80. The number of rotatable bonds is 8. The van der Waals surface area contributed by atoms with Crippen molar-refractivity contribution in [2.24, 2.45) is 0 Å². The molecule has 0 aromatic heterocycles. The zero-order valence-electron chi connectivity index (χ0n) is 18.0. The van der Waals surface area contributed by atoms with Crippen LogP contribution in [-0.2, 0) is 9.59 Å². The summed E-state index contributed by atoms with van der Waals surface area (Å²) in [6.45, 7) is -0.244. The van der Waals surface area contributed by atoms with Gasteiger partial charge < -0.3 is 20.1 Å². The van der Waals surface area contributed by atoms with Crippen LogP contribution in [0.2, 0.25) is 5.02 Å². The highest BCUT2D eigenvalue weighted by Gasteiger charge is 2.15. The molecule has 0 unspecified atom stereocenters. The van der Waals surface area contributed by atoms with Crippen LogP contribution in [0.25, 0.3) is 6.08 Å². The molecule has 0 fully saturated rings. The minimum Gasteiger partial charge on any atom is -0.493 e. The Bertz CT molecular complexity index is 1260. The Kier molecular flexibility index (Phi) is 8.68. The van der Waals surface area contributed by atoms with Crippen LogP contribution in [-0.4, -0.2) is 25.5 Å². The van der Waals surface area contributed by atoms with E-state index >= 15 is 0 Å². The molecule has 3 aromatic carbocycles. The standard InChI is InChI=1S/C25H19BrClN3O4/c1-33-22-13-16(11-17(14-28)25(32)30-20-9-7-18(27)8-10-20)12-21(26)24(22)34-15-23(31)29-19-5-3-2-4-6-19/h2-13H,15H2,1H3,(H,29,31)(H,30,32)/b17-11+. The van der Waals surface area contributed by atoms with E-state index in [9.17, 15) is 14.9 Å². The van der Waals surface area contributed by atoms with Gasteiger partial charge in [0.05, 0.1) is 11.6 Å². The quantitative estimate of drug-likeness (QED) is 0.283. The predicted octanol–water partition coefficient (Wildman–Crippen LogP) is 5.67. The van der Waals surface area contributed by atoms with Gasteiger partial charge in [-0.1, -0.05) is 29.8 Å². The summed E-state index contributed by atoms with van der Waals surface area (Å²) in [6, 6.07) is 20.7. The fourth-order valence-corrected chi connectivity index (χ4v) is 3.57. The molecule has 0 aliphatic rings. The average molecular weight is 541 g/mol. The second-order valence-corrected chi connectivity index (χ2v) is 8.16. The first-order valence-corrected chi connectivity index (χ1v) is 11.1. The molecule has 0 aliphatic carbocycles. The van der Waals surface area contributed by atoms with Crippen molar-refractivity contribution in [3.63, 3.8) is 0 Å². The molecule has 34 heavy (non-hydrogen) atoms. The lowest BCUT2D eigenvalue weighted by Gasteiger charge is -2.14. The third-order valence-corrected chi connectivity index (χ3v) is 5.28. The van der Waals surface area contributed by atoms with Crippen LogP contribution in [0.15, 0.2) is 76.8 Å². The summed E-state index contributed by atoms with van der Waals surface area (Å²) in [5.74, 6) is -0.275. The van der Waals surface area contributed by atoms with Gasteiger partial charge in [0, 0.05) is 16.4 Å². The van der Waals surface area contributed by atoms with Crippen molar-refractivity contribution in [1.82, 2.24) is 0 Å². The molecule has 0 saturated carbocycles. The fraction of sp³-hybridized carbons (Fsp3) is 0.0800. The molecule has 172 valence electrons. The summed E-state index contributed by atoms with van der Waals surface area (Å²) < 4.78 is 11.5. The largest absolute Gasteiger partial charge is 0.493 e. The lowest BCUT2D eigenvalue weighted by molar-refractivity contribution is -0.118. The van der Waals surface area contributed by atoms with Crippen molar-refractivity contribution < 1.29 is 19.1 Å².